The van der Waals surface area contributed by atoms with Gasteiger partial charge in [0.05, 0.1) is 5.52 Å². The second-order valence-electron chi connectivity index (χ2n) is 5.17. The van der Waals surface area contributed by atoms with Crippen molar-refractivity contribution in [2.24, 2.45) is 0 Å². The first-order valence-electron chi connectivity index (χ1n) is 7.16. The summed E-state index contributed by atoms with van der Waals surface area (Å²) in [6.45, 7) is 2.23. The molecule has 5 heteroatoms. The van der Waals surface area contributed by atoms with Crippen LogP contribution in [0.5, 0.6) is 0 Å². The van der Waals surface area contributed by atoms with Crippen molar-refractivity contribution in [2.45, 2.75) is 37.5 Å². The van der Waals surface area contributed by atoms with E-state index in [9.17, 15) is 0 Å². The monoisotopic (exact) mass is 288 g/mol. The third-order valence-electron chi connectivity index (χ3n) is 3.82. The molecule has 3 N–H and O–H groups in total. The first kappa shape index (κ1) is 13.5. The smallest absolute Gasteiger partial charge is 0.137 e. The van der Waals surface area contributed by atoms with Crippen molar-refractivity contribution in [3.05, 3.63) is 24.5 Å². The minimum absolute atomic E-state index is 0.510. The first-order valence-corrected chi connectivity index (χ1v) is 8.21. The van der Waals surface area contributed by atoms with E-state index in [0.717, 1.165) is 22.4 Å². The number of hydrogen-bond acceptors (Lipinski definition) is 5. The lowest BCUT2D eigenvalue weighted by molar-refractivity contribution is 0.763. The summed E-state index contributed by atoms with van der Waals surface area (Å²) in [7, 11) is 0. The number of aromatic nitrogens is 2. The average molecular weight is 288 g/mol. The van der Waals surface area contributed by atoms with E-state index in [2.05, 4.69) is 22.2 Å². The molecule has 4 nitrogen and oxygen atoms in total. The maximum Gasteiger partial charge on any atom is 0.137 e. The predicted molar refractivity (Wildman–Crippen MR) is 87.1 cm³/mol. The van der Waals surface area contributed by atoms with Crippen LogP contribution in [0.1, 0.15) is 26.2 Å². The van der Waals surface area contributed by atoms with E-state index >= 15 is 0 Å². The van der Waals surface area contributed by atoms with Crippen LogP contribution in [0.4, 0.5) is 11.5 Å². The molecule has 2 aromatic rings. The van der Waals surface area contributed by atoms with Gasteiger partial charge in [0.25, 0.3) is 0 Å². The fourth-order valence-corrected chi connectivity index (χ4v) is 4.07. The largest absolute Gasteiger partial charge is 0.399 e. The van der Waals surface area contributed by atoms with Crippen molar-refractivity contribution in [1.29, 1.82) is 0 Å². The molecular weight excluding hydrogens is 268 g/mol. The number of nitrogens with two attached hydrogens (primary N) is 1. The van der Waals surface area contributed by atoms with E-state index in [1.165, 1.54) is 25.0 Å². The van der Waals surface area contributed by atoms with E-state index in [4.69, 9.17) is 5.73 Å². The molecule has 106 valence electrons. The fourth-order valence-electron chi connectivity index (χ4n) is 2.87. The molecule has 1 fully saturated rings. The average Bonchev–Trinajstić information content (AvgIpc) is 2.86. The molecule has 2 atom stereocenters. The van der Waals surface area contributed by atoms with Gasteiger partial charge in [0.2, 0.25) is 0 Å². The van der Waals surface area contributed by atoms with Crippen LogP contribution >= 0.6 is 11.8 Å². The number of fused-ring (bicyclic) bond motifs is 1. The van der Waals surface area contributed by atoms with Crippen molar-refractivity contribution >= 4 is 34.2 Å². The lowest BCUT2D eigenvalue weighted by Gasteiger charge is -2.21. The summed E-state index contributed by atoms with van der Waals surface area (Å²) in [4.78, 5) is 8.72. The Kier molecular flexibility index (Phi) is 3.96. The number of nitrogens with one attached hydrogen (secondary N) is 1. The molecule has 20 heavy (non-hydrogen) atoms. The topological polar surface area (TPSA) is 63.8 Å². The second kappa shape index (κ2) is 5.87. The van der Waals surface area contributed by atoms with Gasteiger partial charge in [-0.3, -0.25) is 0 Å². The minimum atomic E-state index is 0.510. The van der Waals surface area contributed by atoms with E-state index < -0.39 is 0 Å². The van der Waals surface area contributed by atoms with Gasteiger partial charge in [-0.15, -0.1) is 0 Å². The number of nitrogen functional groups attached to an aromatic ring is 1. The summed E-state index contributed by atoms with van der Waals surface area (Å²) < 4.78 is 0. The Balaban J connectivity index is 1.87. The summed E-state index contributed by atoms with van der Waals surface area (Å²) in [6.07, 6.45) is 5.43. The third-order valence-corrected chi connectivity index (χ3v) is 5.14. The van der Waals surface area contributed by atoms with Gasteiger partial charge in [0, 0.05) is 22.4 Å². The Morgan fingerprint density at radius 2 is 2.25 bits per heavy atom. The molecular formula is C15H20N4S. The van der Waals surface area contributed by atoms with Crippen LogP contribution in [0.2, 0.25) is 0 Å². The molecule has 1 aliphatic rings. The Labute approximate surface area is 123 Å². The van der Waals surface area contributed by atoms with Crippen LogP contribution in [0.3, 0.4) is 0 Å². The van der Waals surface area contributed by atoms with Crippen LogP contribution in [0, 0.1) is 0 Å². The summed E-state index contributed by atoms with van der Waals surface area (Å²) in [5.74, 6) is 2.10. The van der Waals surface area contributed by atoms with Crippen LogP contribution in [-0.4, -0.2) is 27.0 Å². The van der Waals surface area contributed by atoms with Crippen LogP contribution in [0.25, 0.3) is 10.9 Å². The zero-order valence-electron chi connectivity index (χ0n) is 11.7. The first-order chi connectivity index (χ1) is 9.78. The summed E-state index contributed by atoms with van der Waals surface area (Å²) in [6, 6.07) is 6.32. The van der Waals surface area contributed by atoms with Crippen molar-refractivity contribution in [3.8, 4) is 0 Å². The van der Waals surface area contributed by atoms with Gasteiger partial charge < -0.3 is 11.1 Å². The van der Waals surface area contributed by atoms with Gasteiger partial charge in [-0.2, -0.15) is 11.8 Å². The Morgan fingerprint density at radius 1 is 1.35 bits per heavy atom. The van der Waals surface area contributed by atoms with E-state index in [0.29, 0.717) is 11.3 Å². The highest BCUT2D eigenvalue weighted by atomic mass is 32.2. The number of benzene rings is 1. The quantitative estimate of drug-likeness (QED) is 0.845. The fraction of sp³-hybridized carbons (Fsp3) is 0.467. The molecule has 0 spiro atoms. The Bertz CT molecular complexity index is 601. The second-order valence-corrected chi connectivity index (χ2v) is 6.69. The molecule has 1 saturated carbocycles. The van der Waals surface area contributed by atoms with Crippen molar-refractivity contribution in [1.82, 2.24) is 9.97 Å². The maximum absolute atomic E-state index is 5.82. The highest BCUT2D eigenvalue weighted by molar-refractivity contribution is 7.99. The number of thioether (sulfide) groups is 1. The minimum Gasteiger partial charge on any atom is -0.399 e. The van der Waals surface area contributed by atoms with Gasteiger partial charge >= 0.3 is 0 Å². The summed E-state index contributed by atoms with van der Waals surface area (Å²) in [5, 5.41) is 5.37. The molecule has 0 radical (unpaired) electrons. The Morgan fingerprint density at radius 3 is 3.10 bits per heavy atom. The summed E-state index contributed by atoms with van der Waals surface area (Å²) in [5.41, 5.74) is 7.46. The maximum atomic E-state index is 5.82. The third kappa shape index (κ3) is 2.68. The Hall–Kier alpha value is -1.49. The molecule has 1 aliphatic carbocycles. The molecule has 0 amide bonds. The standard InChI is InChI=1S/C15H20N4S/c1-2-20-14-5-3-4-12(14)19-15-11-7-6-10(16)8-13(11)17-9-18-15/h6-9,12,14H,2-5,16H2,1H3,(H,17,18,19). The number of anilines is 2. The van der Waals surface area contributed by atoms with Gasteiger partial charge in [-0.25, -0.2) is 9.97 Å². The zero-order valence-corrected chi connectivity index (χ0v) is 12.5. The normalized spacial score (nSPS) is 22.2. The van der Waals surface area contributed by atoms with Gasteiger partial charge in [-0.05, 0) is 36.8 Å². The van der Waals surface area contributed by atoms with Crippen molar-refractivity contribution in [2.75, 3.05) is 16.8 Å². The summed E-state index contributed by atoms with van der Waals surface area (Å²) >= 11 is 2.05. The molecule has 2 unspecified atom stereocenters. The van der Waals surface area contributed by atoms with Crippen molar-refractivity contribution in [3.63, 3.8) is 0 Å². The van der Waals surface area contributed by atoms with E-state index in [1.807, 2.05) is 30.0 Å². The van der Waals surface area contributed by atoms with Gasteiger partial charge in [-0.1, -0.05) is 13.3 Å². The van der Waals surface area contributed by atoms with Crippen LogP contribution in [0.15, 0.2) is 24.5 Å². The predicted octanol–water partition coefficient (Wildman–Crippen LogP) is 3.30. The molecule has 1 aromatic carbocycles. The molecule has 0 aliphatic heterocycles. The highest BCUT2D eigenvalue weighted by Gasteiger charge is 2.27. The molecule has 0 saturated heterocycles. The van der Waals surface area contributed by atoms with Crippen LogP contribution < -0.4 is 11.1 Å². The molecule has 1 heterocycles. The van der Waals surface area contributed by atoms with E-state index in [1.54, 1.807) is 6.33 Å². The van der Waals surface area contributed by atoms with Crippen LogP contribution in [-0.2, 0) is 0 Å². The van der Waals surface area contributed by atoms with Gasteiger partial charge in [0.15, 0.2) is 0 Å². The number of rotatable bonds is 4. The highest BCUT2D eigenvalue weighted by Crippen LogP contribution is 2.33. The molecule has 0 bridgehead atoms. The SMILES string of the molecule is CCSC1CCCC1Nc1ncnc2cc(N)ccc12. The number of hydrogen-bond donors (Lipinski definition) is 2. The lowest BCUT2D eigenvalue weighted by atomic mass is 10.2. The zero-order chi connectivity index (χ0) is 13.9. The molecule has 1 aromatic heterocycles. The van der Waals surface area contributed by atoms with Crippen molar-refractivity contribution < 1.29 is 0 Å². The van der Waals surface area contributed by atoms with E-state index in [-0.39, 0.29) is 0 Å². The van der Waals surface area contributed by atoms with Gasteiger partial charge in [0.1, 0.15) is 12.1 Å². The lowest BCUT2D eigenvalue weighted by Crippen LogP contribution is -2.26. The number of nitrogens with zero attached hydrogens (tertiary/aromatic N) is 2. The molecule has 3 rings (SSSR count).